The van der Waals surface area contributed by atoms with Crippen LogP contribution in [0.25, 0.3) is 0 Å². The number of carbonyl (C=O) groups is 1. The highest BCUT2D eigenvalue weighted by Crippen LogP contribution is 2.24. The quantitative estimate of drug-likeness (QED) is 0.790. The smallest absolute Gasteiger partial charge is 0.225 e. The second-order valence-electron chi connectivity index (χ2n) is 6.78. The Hall–Kier alpha value is -2.41. The summed E-state index contributed by atoms with van der Waals surface area (Å²) in [6.45, 7) is 2.72. The van der Waals surface area contributed by atoms with Crippen molar-refractivity contribution in [2.45, 2.75) is 32.2 Å². The monoisotopic (exact) mass is 387 g/mol. The maximum atomic E-state index is 12.1. The molecule has 1 aliphatic heterocycles. The van der Waals surface area contributed by atoms with Crippen LogP contribution in [0, 0.1) is 0 Å². The number of amides is 1. The summed E-state index contributed by atoms with van der Waals surface area (Å²) in [6, 6.07) is 13.5. The van der Waals surface area contributed by atoms with E-state index in [1.807, 2.05) is 43.3 Å². The van der Waals surface area contributed by atoms with Gasteiger partial charge in [0.2, 0.25) is 5.91 Å². The number of aryl methyl sites for hydroxylation is 1. The molecule has 6 nitrogen and oxygen atoms in total. The molecule has 1 amide bonds. The summed E-state index contributed by atoms with van der Waals surface area (Å²) >= 11 is 0. The minimum atomic E-state index is -2.93. The van der Waals surface area contributed by atoms with Gasteiger partial charge in [-0.2, -0.15) is 0 Å². The zero-order valence-corrected chi connectivity index (χ0v) is 16.3. The lowest BCUT2D eigenvalue weighted by molar-refractivity contribution is -0.116. The molecule has 7 heteroatoms. The number of hydrogen-bond donors (Lipinski definition) is 1. The van der Waals surface area contributed by atoms with Crippen LogP contribution in [0.2, 0.25) is 0 Å². The fourth-order valence-corrected chi connectivity index (χ4v) is 5.14. The van der Waals surface area contributed by atoms with Crippen molar-refractivity contribution in [3.8, 4) is 0 Å². The van der Waals surface area contributed by atoms with E-state index in [0.29, 0.717) is 31.6 Å². The molecule has 27 heavy (non-hydrogen) atoms. The van der Waals surface area contributed by atoms with Crippen LogP contribution in [-0.2, 0) is 21.1 Å². The van der Waals surface area contributed by atoms with Crippen LogP contribution in [0.3, 0.4) is 0 Å². The Bertz CT molecular complexity index is 867. The number of pyridine rings is 1. The zero-order valence-electron chi connectivity index (χ0n) is 15.5. The van der Waals surface area contributed by atoms with Gasteiger partial charge in [-0.3, -0.25) is 4.79 Å². The van der Waals surface area contributed by atoms with E-state index >= 15 is 0 Å². The first kappa shape index (κ1) is 19.4. The summed E-state index contributed by atoms with van der Waals surface area (Å²) in [5.74, 6) is 0.871. The van der Waals surface area contributed by atoms with E-state index < -0.39 is 9.84 Å². The first-order valence-corrected chi connectivity index (χ1v) is 11.1. The average Bonchev–Trinajstić information content (AvgIpc) is 3.02. The highest BCUT2D eigenvalue weighted by atomic mass is 32.2. The fourth-order valence-electron chi connectivity index (χ4n) is 3.41. The molecule has 0 radical (unpaired) electrons. The summed E-state index contributed by atoms with van der Waals surface area (Å²) in [7, 11) is -2.93. The second-order valence-corrected chi connectivity index (χ2v) is 9.01. The first-order chi connectivity index (χ1) is 13.0. The van der Waals surface area contributed by atoms with Crippen LogP contribution in [0.1, 0.15) is 25.3 Å². The van der Waals surface area contributed by atoms with E-state index in [-0.39, 0.29) is 23.5 Å². The molecule has 1 saturated heterocycles. The maximum absolute atomic E-state index is 12.1. The van der Waals surface area contributed by atoms with Crippen molar-refractivity contribution in [3.63, 3.8) is 0 Å². The minimum absolute atomic E-state index is 0.00638. The lowest BCUT2D eigenvalue weighted by Gasteiger charge is -2.28. The van der Waals surface area contributed by atoms with Crippen molar-refractivity contribution >= 4 is 27.2 Å². The molecule has 0 spiro atoms. The summed E-state index contributed by atoms with van der Waals surface area (Å²) in [5, 5.41) is 2.81. The van der Waals surface area contributed by atoms with Crippen molar-refractivity contribution in [1.29, 1.82) is 0 Å². The van der Waals surface area contributed by atoms with Crippen LogP contribution < -0.4 is 10.2 Å². The Morgan fingerprint density at radius 1 is 1.22 bits per heavy atom. The predicted octanol–water partition coefficient (Wildman–Crippen LogP) is 2.67. The third-order valence-electron chi connectivity index (χ3n) is 4.82. The molecular weight excluding hydrogens is 362 g/mol. The Morgan fingerprint density at radius 3 is 2.59 bits per heavy atom. The SMILES string of the molecule is CCN(c1ccc(NC(=O)CCc2ccccc2)nc1)C1CCS(=O)(=O)C1. The fraction of sp³-hybridized carbons (Fsp3) is 0.400. The molecule has 2 aromatic rings. The lowest BCUT2D eigenvalue weighted by Crippen LogP contribution is -2.36. The molecule has 1 unspecified atom stereocenters. The maximum Gasteiger partial charge on any atom is 0.225 e. The number of rotatable bonds is 7. The lowest BCUT2D eigenvalue weighted by atomic mass is 10.1. The highest BCUT2D eigenvalue weighted by Gasteiger charge is 2.31. The molecule has 1 N–H and O–H groups in total. The normalized spacial score (nSPS) is 18.2. The van der Waals surface area contributed by atoms with Gasteiger partial charge < -0.3 is 10.2 Å². The highest BCUT2D eigenvalue weighted by molar-refractivity contribution is 7.91. The van der Waals surface area contributed by atoms with Crippen molar-refractivity contribution in [2.75, 3.05) is 28.3 Å². The molecule has 0 aliphatic carbocycles. The van der Waals surface area contributed by atoms with Crippen LogP contribution >= 0.6 is 0 Å². The molecule has 0 saturated carbocycles. The molecule has 0 bridgehead atoms. The molecule has 1 aliphatic rings. The number of hydrogen-bond acceptors (Lipinski definition) is 5. The van der Waals surface area contributed by atoms with Gasteiger partial charge in [0.15, 0.2) is 9.84 Å². The van der Waals surface area contributed by atoms with Crippen LogP contribution in [0.15, 0.2) is 48.7 Å². The van der Waals surface area contributed by atoms with E-state index in [1.165, 1.54) is 0 Å². The van der Waals surface area contributed by atoms with E-state index in [4.69, 9.17) is 0 Å². The van der Waals surface area contributed by atoms with Crippen LogP contribution in [0.4, 0.5) is 11.5 Å². The molecule has 144 valence electrons. The van der Waals surface area contributed by atoms with Crippen molar-refractivity contribution in [3.05, 3.63) is 54.2 Å². The topological polar surface area (TPSA) is 79.4 Å². The number of nitrogens with zero attached hydrogens (tertiary/aromatic N) is 2. The van der Waals surface area contributed by atoms with Gasteiger partial charge in [-0.05, 0) is 37.5 Å². The third-order valence-corrected chi connectivity index (χ3v) is 6.57. The van der Waals surface area contributed by atoms with Crippen LogP contribution in [-0.4, -0.2) is 43.4 Å². The van der Waals surface area contributed by atoms with Gasteiger partial charge in [-0.15, -0.1) is 0 Å². The number of anilines is 2. The number of carbonyl (C=O) groups excluding carboxylic acids is 1. The number of sulfone groups is 1. The van der Waals surface area contributed by atoms with Crippen LogP contribution in [0.5, 0.6) is 0 Å². The Labute approximate surface area is 160 Å². The molecule has 3 rings (SSSR count). The summed E-state index contributed by atoms with van der Waals surface area (Å²) in [6.07, 6.45) is 3.42. The molecule has 1 aromatic heterocycles. The van der Waals surface area contributed by atoms with E-state index in [9.17, 15) is 13.2 Å². The van der Waals surface area contributed by atoms with Gasteiger partial charge in [0.1, 0.15) is 5.82 Å². The van der Waals surface area contributed by atoms with E-state index in [1.54, 1.807) is 12.3 Å². The third kappa shape index (κ3) is 5.29. The number of nitrogens with one attached hydrogen (secondary N) is 1. The summed E-state index contributed by atoms with van der Waals surface area (Å²) < 4.78 is 23.5. The molecule has 1 atom stereocenters. The first-order valence-electron chi connectivity index (χ1n) is 9.24. The van der Waals surface area contributed by atoms with E-state index in [0.717, 1.165) is 11.3 Å². The molecule has 1 fully saturated rings. The summed E-state index contributed by atoms with van der Waals surface area (Å²) in [4.78, 5) is 18.5. The largest absolute Gasteiger partial charge is 0.367 e. The van der Waals surface area contributed by atoms with E-state index in [2.05, 4.69) is 15.2 Å². The minimum Gasteiger partial charge on any atom is -0.367 e. The van der Waals surface area contributed by atoms with Gasteiger partial charge in [0, 0.05) is 19.0 Å². The molecule has 1 aromatic carbocycles. The van der Waals surface area contributed by atoms with Crippen molar-refractivity contribution < 1.29 is 13.2 Å². The van der Waals surface area contributed by atoms with Gasteiger partial charge in [-0.25, -0.2) is 13.4 Å². The molecular formula is C20H25N3O3S. The average molecular weight is 388 g/mol. The summed E-state index contributed by atoms with van der Waals surface area (Å²) in [5.41, 5.74) is 2.00. The second kappa shape index (κ2) is 8.52. The molecule has 2 heterocycles. The van der Waals surface area contributed by atoms with Gasteiger partial charge in [0.05, 0.1) is 23.4 Å². The Kier molecular flexibility index (Phi) is 6.11. The number of aromatic nitrogens is 1. The standard InChI is InChI=1S/C20H25N3O3S/c1-2-23(18-12-13-27(25,26)15-18)17-9-10-19(21-14-17)22-20(24)11-8-16-6-4-3-5-7-16/h3-7,9-10,14,18H,2,8,11-13,15H2,1H3,(H,21,22,24). The van der Waals surface area contributed by atoms with Gasteiger partial charge >= 0.3 is 0 Å². The van der Waals surface area contributed by atoms with Crippen molar-refractivity contribution in [1.82, 2.24) is 4.98 Å². The van der Waals surface area contributed by atoms with Gasteiger partial charge in [0.25, 0.3) is 0 Å². The Morgan fingerprint density at radius 2 is 2.00 bits per heavy atom. The predicted molar refractivity (Wildman–Crippen MR) is 108 cm³/mol. The number of benzene rings is 1. The van der Waals surface area contributed by atoms with Crippen molar-refractivity contribution in [2.24, 2.45) is 0 Å². The van der Waals surface area contributed by atoms with Gasteiger partial charge in [-0.1, -0.05) is 30.3 Å². The Balaban J connectivity index is 1.57. The zero-order chi connectivity index (χ0) is 19.3.